The molecule has 2 aromatic carbocycles. The molecule has 0 aliphatic carbocycles. The van der Waals surface area contributed by atoms with Crippen LogP contribution >= 0.6 is 11.8 Å². The summed E-state index contributed by atoms with van der Waals surface area (Å²) < 4.78 is 3.30. The molecule has 2 aromatic heterocycles. The molecular formula is C23H22N4O2S. The lowest BCUT2D eigenvalue weighted by atomic mass is 10.2. The van der Waals surface area contributed by atoms with Crippen LogP contribution in [0, 0.1) is 6.92 Å². The van der Waals surface area contributed by atoms with Crippen LogP contribution in [-0.2, 0) is 11.8 Å². The molecule has 1 amide bonds. The van der Waals surface area contributed by atoms with Crippen LogP contribution in [0.15, 0.2) is 76.6 Å². The second-order valence-electron chi connectivity index (χ2n) is 7.03. The molecule has 4 rings (SSSR count). The van der Waals surface area contributed by atoms with Crippen molar-refractivity contribution in [3.8, 4) is 5.69 Å². The molecule has 4 aromatic rings. The summed E-state index contributed by atoms with van der Waals surface area (Å²) in [6, 6.07) is 21.1. The maximum atomic E-state index is 13.0. The van der Waals surface area contributed by atoms with Crippen LogP contribution in [0.2, 0.25) is 0 Å². The van der Waals surface area contributed by atoms with Gasteiger partial charge in [-0.3, -0.25) is 14.3 Å². The Labute approximate surface area is 178 Å². The third-order valence-electron chi connectivity index (χ3n) is 5.04. The zero-order valence-electron chi connectivity index (χ0n) is 17.0. The second kappa shape index (κ2) is 8.20. The quantitative estimate of drug-likeness (QED) is 0.494. The number of fused-ring (bicyclic) bond motifs is 1. The first kappa shape index (κ1) is 20.0. The smallest absolute Gasteiger partial charge is 0.295 e. The van der Waals surface area contributed by atoms with Gasteiger partial charge in [0.05, 0.1) is 27.2 Å². The van der Waals surface area contributed by atoms with E-state index in [2.05, 4.69) is 10.3 Å². The van der Waals surface area contributed by atoms with E-state index < -0.39 is 5.25 Å². The number of amides is 1. The Morgan fingerprint density at radius 1 is 1.03 bits per heavy atom. The largest absolute Gasteiger partial charge is 0.319 e. The summed E-state index contributed by atoms with van der Waals surface area (Å²) in [6.07, 6.45) is 0. The number of carbonyl (C=O) groups is 1. The van der Waals surface area contributed by atoms with Crippen molar-refractivity contribution >= 4 is 34.3 Å². The van der Waals surface area contributed by atoms with Crippen molar-refractivity contribution in [2.24, 2.45) is 7.05 Å². The van der Waals surface area contributed by atoms with E-state index >= 15 is 0 Å². The highest BCUT2D eigenvalue weighted by molar-refractivity contribution is 8.00. The molecule has 7 heteroatoms. The Kier molecular flexibility index (Phi) is 5.46. The summed E-state index contributed by atoms with van der Waals surface area (Å²) in [5, 5.41) is 4.23. The Bertz CT molecular complexity index is 1280. The monoisotopic (exact) mass is 418 g/mol. The Morgan fingerprint density at radius 2 is 1.73 bits per heavy atom. The molecule has 6 nitrogen and oxygen atoms in total. The molecule has 0 spiro atoms. The molecule has 2 heterocycles. The van der Waals surface area contributed by atoms with Gasteiger partial charge in [0.25, 0.3) is 5.56 Å². The van der Waals surface area contributed by atoms with Gasteiger partial charge in [-0.25, -0.2) is 9.67 Å². The molecule has 0 fully saturated rings. The van der Waals surface area contributed by atoms with Crippen LogP contribution in [0.4, 0.5) is 5.69 Å². The van der Waals surface area contributed by atoms with Gasteiger partial charge in [-0.2, -0.15) is 0 Å². The molecule has 152 valence electrons. The Hall–Kier alpha value is -3.32. The van der Waals surface area contributed by atoms with Gasteiger partial charge < -0.3 is 5.32 Å². The molecule has 0 unspecified atom stereocenters. The van der Waals surface area contributed by atoms with Crippen LogP contribution < -0.4 is 10.9 Å². The van der Waals surface area contributed by atoms with Crippen molar-refractivity contribution in [2.45, 2.75) is 24.1 Å². The summed E-state index contributed by atoms with van der Waals surface area (Å²) in [5.74, 6) is -0.235. The lowest BCUT2D eigenvalue weighted by Gasteiger charge is -2.11. The number of pyridine rings is 1. The van der Waals surface area contributed by atoms with Crippen LogP contribution in [0.3, 0.4) is 0 Å². The van der Waals surface area contributed by atoms with E-state index in [4.69, 9.17) is 0 Å². The second-order valence-corrected chi connectivity index (χ2v) is 8.39. The van der Waals surface area contributed by atoms with Crippen LogP contribution in [0.25, 0.3) is 16.6 Å². The standard InChI is InChI=1S/C23H22N4O2S/c1-15-21(23(29)27(26(15)3)18-10-5-4-6-11-18)25-22(28)16(2)30-20-14-13-17-9-7-8-12-19(17)24-20/h4-14,16H,1-3H3,(H,25,28)/t16-/m0/s1. The van der Waals surface area contributed by atoms with E-state index in [1.165, 1.54) is 11.8 Å². The van der Waals surface area contributed by atoms with Gasteiger partial charge in [0, 0.05) is 12.4 Å². The first-order chi connectivity index (χ1) is 14.5. The minimum atomic E-state index is -0.414. The maximum Gasteiger partial charge on any atom is 0.295 e. The molecule has 0 saturated carbocycles. The van der Waals surface area contributed by atoms with Gasteiger partial charge in [-0.1, -0.05) is 54.2 Å². The maximum absolute atomic E-state index is 13.0. The van der Waals surface area contributed by atoms with Gasteiger partial charge in [-0.15, -0.1) is 0 Å². The van der Waals surface area contributed by atoms with Crippen LogP contribution in [0.1, 0.15) is 12.6 Å². The number of anilines is 1. The Morgan fingerprint density at radius 3 is 2.50 bits per heavy atom. The van der Waals surface area contributed by atoms with Gasteiger partial charge in [0.1, 0.15) is 5.69 Å². The molecule has 1 N–H and O–H groups in total. The van der Waals surface area contributed by atoms with Gasteiger partial charge in [0.2, 0.25) is 5.91 Å². The SMILES string of the molecule is Cc1c(NC(=O)[C@H](C)Sc2ccc3ccccc3n2)c(=O)n(-c2ccccc2)n1C. The van der Waals surface area contributed by atoms with Crippen LogP contribution in [0.5, 0.6) is 0 Å². The normalized spacial score (nSPS) is 12.1. The van der Waals surface area contributed by atoms with Crippen molar-refractivity contribution in [1.29, 1.82) is 0 Å². The number of para-hydroxylation sites is 2. The summed E-state index contributed by atoms with van der Waals surface area (Å²) >= 11 is 1.37. The summed E-state index contributed by atoms with van der Waals surface area (Å²) in [5.41, 5.74) is 2.37. The number of benzene rings is 2. The van der Waals surface area contributed by atoms with Crippen molar-refractivity contribution in [2.75, 3.05) is 5.32 Å². The fourth-order valence-corrected chi connectivity index (χ4v) is 4.11. The van der Waals surface area contributed by atoms with E-state index in [0.717, 1.165) is 21.6 Å². The average Bonchev–Trinajstić information content (AvgIpc) is 2.97. The Balaban J connectivity index is 1.55. The number of hydrogen-bond donors (Lipinski definition) is 1. The number of nitrogens with zero attached hydrogens (tertiary/aromatic N) is 3. The predicted octanol–water partition coefficient (Wildman–Crippen LogP) is 4.15. The fraction of sp³-hybridized carbons (Fsp3) is 0.174. The number of carbonyl (C=O) groups excluding carboxylic acids is 1. The van der Waals surface area contributed by atoms with Gasteiger partial charge >= 0.3 is 0 Å². The molecule has 0 aliphatic rings. The highest BCUT2D eigenvalue weighted by Crippen LogP contribution is 2.25. The average molecular weight is 419 g/mol. The molecule has 30 heavy (non-hydrogen) atoms. The minimum Gasteiger partial charge on any atom is -0.319 e. The summed E-state index contributed by atoms with van der Waals surface area (Å²) in [7, 11) is 1.80. The van der Waals surface area contributed by atoms with Gasteiger partial charge in [0.15, 0.2) is 0 Å². The molecule has 0 bridgehead atoms. The van der Waals surface area contributed by atoms with E-state index in [-0.39, 0.29) is 11.5 Å². The van der Waals surface area contributed by atoms with Crippen molar-refractivity contribution in [1.82, 2.24) is 14.3 Å². The number of rotatable bonds is 5. The predicted molar refractivity (Wildman–Crippen MR) is 121 cm³/mol. The zero-order valence-corrected chi connectivity index (χ0v) is 17.8. The summed E-state index contributed by atoms with van der Waals surface area (Å²) in [4.78, 5) is 30.4. The highest BCUT2D eigenvalue weighted by Gasteiger charge is 2.22. The molecule has 0 radical (unpaired) electrons. The lowest BCUT2D eigenvalue weighted by Crippen LogP contribution is -2.27. The van der Waals surface area contributed by atoms with E-state index in [1.54, 1.807) is 16.4 Å². The number of aromatic nitrogens is 3. The lowest BCUT2D eigenvalue weighted by molar-refractivity contribution is -0.115. The third-order valence-corrected chi connectivity index (χ3v) is 6.08. The topological polar surface area (TPSA) is 68.9 Å². The number of nitrogens with one attached hydrogen (secondary N) is 1. The first-order valence-electron chi connectivity index (χ1n) is 9.63. The van der Waals surface area contributed by atoms with Gasteiger partial charge in [-0.05, 0) is 38.1 Å². The van der Waals surface area contributed by atoms with E-state index in [1.807, 2.05) is 80.6 Å². The molecule has 0 saturated heterocycles. The van der Waals surface area contributed by atoms with Crippen molar-refractivity contribution in [3.63, 3.8) is 0 Å². The molecule has 0 aliphatic heterocycles. The summed E-state index contributed by atoms with van der Waals surface area (Å²) in [6.45, 7) is 3.63. The van der Waals surface area contributed by atoms with Crippen LogP contribution in [-0.4, -0.2) is 25.5 Å². The van der Waals surface area contributed by atoms with Crippen molar-refractivity contribution < 1.29 is 4.79 Å². The molecule has 1 atom stereocenters. The van der Waals surface area contributed by atoms with Crippen molar-refractivity contribution in [3.05, 3.63) is 82.8 Å². The van der Waals surface area contributed by atoms with E-state index in [9.17, 15) is 9.59 Å². The third kappa shape index (κ3) is 3.76. The fourth-order valence-electron chi connectivity index (χ4n) is 3.28. The first-order valence-corrected chi connectivity index (χ1v) is 10.5. The highest BCUT2D eigenvalue weighted by atomic mass is 32.2. The number of hydrogen-bond acceptors (Lipinski definition) is 4. The number of thioether (sulfide) groups is 1. The minimum absolute atomic E-state index is 0.235. The van der Waals surface area contributed by atoms with E-state index in [0.29, 0.717) is 11.4 Å². The molecular weight excluding hydrogens is 396 g/mol. The zero-order chi connectivity index (χ0) is 21.3.